The Kier molecular flexibility index (Phi) is 7.83. The highest BCUT2D eigenvalue weighted by atomic mass is 35.5. The van der Waals surface area contributed by atoms with E-state index in [9.17, 15) is 14.3 Å². The third-order valence-corrected chi connectivity index (χ3v) is 7.96. The number of nitrogens with zero attached hydrogens (tertiary/aromatic N) is 4. The van der Waals surface area contributed by atoms with Gasteiger partial charge in [0.25, 0.3) is 0 Å². The van der Waals surface area contributed by atoms with Gasteiger partial charge in [0.1, 0.15) is 24.2 Å². The first kappa shape index (κ1) is 25.5. The summed E-state index contributed by atoms with van der Waals surface area (Å²) >= 11 is 5.98. The molecule has 1 aliphatic carbocycles. The van der Waals surface area contributed by atoms with E-state index in [-0.39, 0.29) is 18.1 Å². The van der Waals surface area contributed by atoms with Crippen molar-refractivity contribution in [1.82, 2.24) is 20.2 Å². The molecule has 8 nitrogen and oxygen atoms in total. The Labute approximate surface area is 215 Å². The fourth-order valence-electron chi connectivity index (χ4n) is 5.80. The van der Waals surface area contributed by atoms with Crippen LogP contribution in [0.4, 0.5) is 10.2 Å². The van der Waals surface area contributed by atoms with Crippen molar-refractivity contribution in [3.05, 3.63) is 52.2 Å². The molecule has 2 N–H and O–H groups in total. The van der Waals surface area contributed by atoms with Crippen LogP contribution in [-0.4, -0.2) is 77.9 Å². The fraction of sp³-hybridized carbons (Fsp3) is 0.577. The predicted molar refractivity (Wildman–Crippen MR) is 135 cm³/mol. The normalized spacial score (nSPS) is 24.9. The quantitative estimate of drug-likeness (QED) is 0.542. The number of aldehydes is 1. The molecule has 10 heteroatoms. The number of rotatable bonds is 7. The maximum absolute atomic E-state index is 14.9. The summed E-state index contributed by atoms with van der Waals surface area (Å²) in [5.74, 6) is -0.0796. The molecule has 0 radical (unpaired) electrons. The number of aliphatic hydroxyl groups is 1. The van der Waals surface area contributed by atoms with Gasteiger partial charge in [0.2, 0.25) is 0 Å². The van der Waals surface area contributed by atoms with Crippen LogP contribution < -0.4 is 10.2 Å². The van der Waals surface area contributed by atoms with Gasteiger partial charge in [0.15, 0.2) is 0 Å². The van der Waals surface area contributed by atoms with E-state index in [1.807, 2.05) is 0 Å². The molecule has 4 atom stereocenters. The molecule has 2 saturated heterocycles. The molecule has 2 aromatic rings. The molecule has 0 saturated carbocycles. The number of nitrogens with one attached hydrogen (secondary N) is 1. The molecule has 2 unspecified atom stereocenters. The van der Waals surface area contributed by atoms with E-state index < -0.39 is 17.8 Å². The molecule has 0 bridgehead atoms. The summed E-state index contributed by atoms with van der Waals surface area (Å²) in [4.78, 5) is 25.8. The van der Waals surface area contributed by atoms with Gasteiger partial charge in [0.05, 0.1) is 23.9 Å². The molecule has 1 aromatic heterocycles. The van der Waals surface area contributed by atoms with E-state index in [1.165, 1.54) is 12.4 Å². The molecule has 0 spiro atoms. The summed E-state index contributed by atoms with van der Waals surface area (Å²) in [5, 5.41) is 14.3. The Balaban J connectivity index is 1.37. The molecule has 0 amide bonds. The highest BCUT2D eigenvalue weighted by molar-refractivity contribution is 6.30. The number of aromatic nitrogens is 2. The summed E-state index contributed by atoms with van der Waals surface area (Å²) in [6.45, 7) is 6.19. The Hall–Kier alpha value is -2.17. The average Bonchev–Trinajstić information content (AvgIpc) is 3.19. The van der Waals surface area contributed by atoms with Gasteiger partial charge in [-0.15, -0.1) is 0 Å². The van der Waals surface area contributed by atoms with Gasteiger partial charge >= 0.3 is 0 Å². The fourth-order valence-corrected chi connectivity index (χ4v) is 5.96. The summed E-state index contributed by atoms with van der Waals surface area (Å²) in [7, 11) is 0. The number of piperazine rings is 1. The lowest BCUT2D eigenvalue weighted by Gasteiger charge is -2.44. The minimum atomic E-state index is -0.685. The van der Waals surface area contributed by atoms with Crippen LogP contribution in [0.2, 0.25) is 5.02 Å². The minimum absolute atomic E-state index is 0.187. The van der Waals surface area contributed by atoms with Crippen molar-refractivity contribution in [1.29, 1.82) is 0 Å². The second-order valence-electron chi connectivity index (χ2n) is 10.00. The van der Waals surface area contributed by atoms with E-state index >= 15 is 0 Å². The molecular formula is C26H33ClFN5O3. The second kappa shape index (κ2) is 11.1. The van der Waals surface area contributed by atoms with Crippen molar-refractivity contribution in [2.45, 2.75) is 56.3 Å². The lowest BCUT2D eigenvalue weighted by atomic mass is 9.94. The largest absolute Gasteiger partial charge is 0.387 e. The number of hydrogen-bond donors (Lipinski definition) is 2. The standard InChI is InChI=1S/C26H33ClFN5O3/c1-16-12-22(35)24-23(16)26(30-15-29-24)33-8-6-32(7-9-33)25(31-18-4-10-36-11-5-18)20(14-34)19-3-2-17(27)13-21(19)28/h2-3,13-16,18,20,22,25,31,35H,4-12H2,1H3/t16-,20?,22+,25?/m1/s1. The zero-order valence-electron chi connectivity index (χ0n) is 20.4. The van der Waals surface area contributed by atoms with Gasteiger partial charge < -0.3 is 19.5 Å². The van der Waals surface area contributed by atoms with Gasteiger partial charge in [-0.2, -0.15) is 0 Å². The molecule has 2 aliphatic heterocycles. The van der Waals surface area contributed by atoms with E-state index in [2.05, 4.69) is 32.0 Å². The molecule has 1 aromatic carbocycles. The van der Waals surface area contributed by atoms with Crippen molar-refractivity contribution in [3.63, 3.8) is 0 Å². The van der Waals surface area contributed by atoms with Gasteiger partial charge in [-0.3, -0.25) is 10.2 Å². The van der Waals surface area contributed by atoms with Crippen molar-refractivity contribution < 1.29 is 19.0 Å². The Morgan fingerprint density at radius 2 is 1.97 bits per heavy atom. The first-order valence-electron chi connectivity index (χ1n) is 12.7. The minimum Gasteiger partial charge on any atom is -0.387 e. The van der Waals surface area contributed by atoms with E-state index in [0.717, 1.165) is 36.2 Å². The summed E-state index contributed by atoms with van der Waals surface area (Å²) < 4.78 is 20.4. The average molecular weight is 518 g/mol. The van der Waals surface area contributed by atoms with E-state index in [0.29, 0.717) is 56.4 Å². The number of carbonyl (C=O) groups excluding carboxylic acids is 1. The van der Waals surface area contributed by atoms with Crippen molar-refractivity contribution in [2.24, 2.45) is 0 Å². The first-order valence-corrected chi connectivity index (χ1v) is 13.1. The lowest BCUT2D eigenvalue weighted by molar-refractivity contribution is -0.111. The zero-order valence-corrected chi connectivity index (χ0v) is 21.2. The maximum atomic E-state index is 14.9. The molecule has 2 fully saturated rings. The van der Waals surface area contributed by atoms with E-state index in [4.69, 9.17) is 16.3 Å². The van der Waals surface area contributed by atoms with Crippen LogP contribution in [0.3, 0.4) is 0 Å². The Bertz CT molecular complexity index is 1080. The van der Waals surface area contributed by atoms with Crippen LogP contribution in [0.15, 0.2) is 24.5 Å². The molecule has 3 heterocycles. The number of anilines is 1. The molecular weight excluding hydrogens is 485 g/mol. The SMILES string of the molecule is C[C@@H]1C[C@H](O)c2ncnc(N3CCN(C(NC4CCOCC4)C(C=O)c4ccc(Cl)cc4F)CC3)c21. The third kappa shape index (κ3) is 5.13. The molecule has 36 heavy (non-hydrogen) atoms. The number of ether oxygens (including phenoxy) is 1. The van der Waals surface area contributed by atoms with Crippen molar-refractivity contribution in [3.8, 4) is 0 Å². The van der Waals surface area contributed by atoms with Crippen LogP contribution in [0.1, 0.15) is 60.9 Å². The smallest absolute Gasteiger partial charge is 0.135 e. The molecule has 3 aliphatic rings. The summed E-state index contributed by atoms with van der Waals surface area (Å²) in [6.07, 6.45) is 3.82. The number of carbonyl (C=O) groups is 1. The van der Waals surface area contributed by atoms with Crippen molar-refractivity contribution >= 4 is 23.7 Å². The highest BCUT2D eigenvalue weighted by Crippen LogP contribution is 2.43. The summed E-state index contributed by atoms with van der Waals surface area (Å²) in [6, 6.07) is 4.70. The Morgan fingerprint density at radius 3 is 2.67 bits per heavy atom. The maximum Gasteiger partial charge on any atom is 0.135 e. The van der Waals surface area contributed by atoms with Gasteiger partial charge in [-0.1, -0.05) is 24.6 Å². The van der Waals surface area contributed by atoms with Crippen LogP contribution in [0, 0.1) is 5.82 Å². The second-order valence-corrected chi connectivity index (χ2v) is 10.4. The monoisotopic (exact) mass is 517 g/mol. The first-order chi connectivity index (χ1) is 17.5. The number of fused-ring (bicyclic) bond motifs is 1. The summed E-state index contributed by atoms with van der Waals surface area (Å²) in [5.41, 5.74) is 2.11. The number of halogens is 2. The zero-order chi connectivity index (χ0) is 25.2. The lowest BCUT2D eigenvalue weighted by Crippen LogP contribution is -2.59. The van der Waals surface area contributed by atoms with Crippen LogP contribution >= 0.6 is 11.6 Å². The number of hydrogen-bond acceptors (Lipinski definition) is 8. The van der Waals surface area contributed by atoms with Crippen molar-refractivity contribution in [2.75, 3.05) is 44.3 Å². The number of benzene rings is 1. The highest BCUT2D eigenvalue weighted by Gasteiger charge is 2.37. The van der Waals surface area contributed by atoms with Crippen LogP contribution in [0.25, 0.3) is 0 Å². The molecule has 5 rings (SSSR count). The van der Waals surface area contributed by atoms with Gasteiger partial charge in [-0.25, -0.2) is 14.4 Å². The third-order valence-electron chi connectivity index (χ3n) is 7.72. The predicted octanol–water partition coefficient (Wildman–Crippen LogP) is 3.01. The van der Waals surface area contributed by atoms with E-state index in [1.54, 1.807) is 12.1 Å². The molecule has 194 valence electrons. The number of aliphatic hydroxyl groups excluding tert-OH is 1. The van der Waals surface area contributed by atoms with Gasteiger partial charge in [-0.05, 0) is 37.3 Å². The van der Waals surface area contributed by atoms with Crippen LogP contribution in [0.5, 0.6) is 0 Å². The Morgan fingerprint density at radius 1 is 1.22 bits per heavy atom. The van der Waals surface area contributed by atoms with Crippen LogP contribution in [-0.2, 0) is 9.53 Å². The topological polar surface area (TPSA) is 90.8 Å². The van der Waals surface area contributed by atoms with Gasteiger partial charge in [0, 0.05) is 61.6 Å².